The molecule has 0 aliphatic carbocycles. The Morgan fingerprint density at radius 2 is 2.25 bits per heavy atom. The van der Waals surface area contributed by atoms with Crippen LogP contribution in [0, 0.1) is 10.1 Å². The van der Waals surface area contributed by atoms with Gasteiger partial charge in [-0.15, -0.1) is 0 Å². The van der Waals surface area contributed by atoms with Crippen LogP contribution in [0.2, 0.25) is 0 Å². The molecule has 0 aromatic carbocycles. The lowest BCUT2D eigenvalue weighted by atomic mass is 10.1. The normalized spacial score (nSPS) is 18.4. The van der Waals surface area contributed by atoms with E-state index < -0.39 is 4.92 Å². The third kappa shape index (κ3) is 3.51. The number of thioether (sulfide) groups is 1. The van der Waals surface area contributed by atoms with E-state index >= 15 is 0 Å². The first-order valence-corrected chi connectivity index (χ1v) is 7.42. The summed E-state index contributed by atoms with van der Waals surface area (Å²) in [7, 11) is 0. The molecule has 2 heterocycles. The van der Waals surface area contributed by atoms with Crippen LogP contribution in [0.25, 0.3) is 0 Å². The topological polar surface area (TPSA) is 97.3 Å². The summed E-state index contributed by atoms with van der Waals surface area (Å²) in [5, 5.41) is 11.0. The molecule has 0 bridgehead atoms. The highest BCUT2D eigenvalue weighted by atomic mass is 32.2. The van der Waals surface area contributed by atoms with Gasteiger partial charge in [0.05, 0.1) is 17.1 Å². The first kappa shape index (κ1) is 14.9. The summed E-state index contributed by atoms with van der Waals surface area (Å²) in [6.45, 7) is 6.09. The van der Waals surface area contributed by atoms with E-state index in [1.807, 2.05) is 11.8 Å². The van der Waals surface area contributed by atoms with Crippen LogP contribution >= 0.6 is 11.8 Å². The Hall–Kier alpha value is -1.54. The third-order valence-corrected chi connectivity index (χ3v) is 4.69. The Bertz CT molecular complexity index is 509. The fourth-order valence-electron chi connectivity index (χ4n) is 2.09. The second-order valence-corrected chi connectivity index (χ2v) is 7.12. The van der Waals surface area contributed by atoms with Crippen LogP contribution in [-0.4, -0.2) is 33.5 Å². The van der Waals surface area contributed by atoms with E-state index in [0.717, 1.165) is 25.3 Å². The number of hydrogen-bond acceptors (Lipinski definition) is 7. The average Bonchev–Trinajstić information content (AvgIpc) is 2.59. The highest BCUT2D eigenvalue weighted by molar-refractivity contribution is 8.00. The molecule has 0 radical (unpaired) electrons. The largest absolute Gasteiger partial charge is 0.355 e. The van der Waals surface area contributed by atoms with Gasteiger partial charge in [0.15, 0.2) is 0 Å². The van der Waals surface area contributed by atoms with Crippen molar-refractivity contribution < 1.29 is 4.92 Å². The van der Waals surface area contributed by atoms with Crippen LogP contribution in [0.1, 0.15) is 20.3 Å². The zero-order valence-corrected chi connectivity index (χ0v) is 12.4. The minimum atomic E-state index is -0.428. The van der Waals surface area contributed by atoms with Gasteiger partial charge in [-0.3, -0.25) is 10.1 Å². The number of nitrogen functional groups attached to an aromatic ring is 1. The maximum absolute atomic E-state index is 11.0. The molecular weight excluding hydrogens is 278 g/mol. The van der Waals surface area contributed by atoms with Gasteiger partial charge in [0.1, 0.15) is 11.6 Å². The number of anilines is 2. The summed E-state index contributed by atoms with van der Waals surface area (Å²) in [5.41, 5.74) is 2.39. The molecule has 0 saturated carbocycles. The maximum Gasteiger partial charge on any atom is 0.276 e. The number of rotatable bonds is 3. The van der Waals surface area contributed by atoms with Gasteiger partial charge < -0.3 is 10.3 Å². The second kappa shape index (κ2) is 5.84. The molecule has 7 nitrogen and oxygen atoms in total. The van der Waals surface area contributed by atoms with E-state index in [1.165, 1.54) is 12.1 Å². The molecule has 0 amide bonds. The molecule has 1 aromatic rings. The molecule has 0 spiro atoms. The van der Waals surface area contributed by atoms with Gasteiger partial charge in [-0.2, -0.15) is 11.8 Å². The van der Waals surface area contributed by atoms with E-state index in [0.29, 0.717) is 11.6 Å². The van der Waals surface area contributed by atoms with Crippen molar-refractivity contribution in [1.29, 1.82) is 0 Å². The Balaban J connectivity index is 2.27. The van der Waals surface area contributed by atoms with E-state index in [1.54, 1.807) is 0 Å². The predicted molar refractivity (Wildman–Crippen MR) is 82.1 cm³/mol. The number of hydrazine groups is 1. The summed E-state index contributed by atoms with van der Waals surface area (Å²) in [5.74, 6) is 7.22. The van der Waals surface area contributed by atoms with Crippen molar-refractivity contribution in [1.82, 2.24) is 4.98 Å². The number of nitrogens with two attached hydrogens (primary N) is 1. The van der Waals surface area contributed by atoms with Gasteiger partial charge in [-0.1, -0.05) is 13.8 Å². The fourth-order valence-corrected chi connectivity index (χ4v) is 3.19. The Labute approximate surface area is 122 Å². The first-order chi connectivity index (χ1) is 9.41. The Morgan fingerprint density at radius 3 is 2.90 bits per heavy atom. The molecule has 0 unspecified atom stereocenters. The highest BCUT2D eigenvalue weighted by Gasteiger charge is 2.25. The van der Waals surface area contributed by atoms with Crippen LogP contribution in [0.4, 0.5) is 17.3 Å². The van der Waals surface area contributed by atoms with Gasteiger partial charge in [0, 0.05) is 23.6 Å². The quantitative estimate of drug-likeness (QED) is 0.500. The summed E-state index contributed by atoms with van der Waals surface area (Å²) < 4.78 is 0.227. The standard InChI is InChI=1S/C12H19N5O2S/c1-12(2)3-4-16(5-6-20-12)11-8-9(17(18)19)7-10(14-11)15-13/h7-8H,3-6,13H2,1-2H3,(H,14,15). The number of aromatic nitrogens is 1. The number of nitrogens with zero attached hydrogens (tertiary/aromatic N) is 3. The Kier molecular flexibility index (Phi) is 4.34. The van der Waals surface area contributed by atoms with Crippen molar-refractivity contribution in [2.24, 2.45) is 5.84 Å². The lowest BCUT2D eigenvalue weighted by molar-refractivity contribution is -0.384. The minimum absolute atomic E-state index is 0.000824. The van der Waals surface area contributed by atoms with E-state index in [2.05, 4.69) is 29.2 Å². The average molecular weight is 297 g/mol. The van der Waals surface area contributed by atoms with Crippen molar-refractivity contribution in [3.8, 4) is 0 Å². The van der Waals surface area contributed by atoms with Crippen molar-refractivity contribution in [3.63, 3.8) is 0 Å². The van der Waals surface area contributed by atoms with Gasteiger partial charge >= 0.3 is 0 Å². The third-order valence-electron chi connectivity index (χ3n) is 3.32. The van der Waals surface area contributed by atoms with E-state index in [-0.39, 0.29) is 10.4 Å². The number of pyridine rings is 1. The molecule has 3 N–H and O–H groups in total. The first-order valence-electron chi connectivity index (χ1n) is 6.43. The van der Waals surface area contributed by atoms with Gasteiger partial charge in [0.2, 0.25) is 0 Å². The molecule has 8 heteroatoms. The summed E-state index contributed by atoms with van der Waals surface area (Å²) >= 11 is 1.92. The molecule has 1 aliphatic rings. The predicted octanol–water partition coefficient (Wildman–Crippen LogP) is 2.00. The molecule has 0 atom stereocenters. The molecule has 1 saturated heterocycles. The van der Waals surface area contributed by atoms with Crippen LogP contribution in [0.5, 0.6) is 0 Å². The maximum atomic E-state index is 11.0. The van der Waals surface area contributed by atoms with Gasteiger partial charge in [0.25, 0.3) is 5.69 Å². The molecule has 20 heavy (non-hydrogen) atoms. The minimum Gasteiger partial charge on any atom is -0.355 e. The Morgan fingerprint density at radius 1 is 1.50 bits per heavy atom. The number of nitrogens with one attached hydrogen (secondary N) is 1. The lowest BCUT2D eigenvalue weighted by Gasteiger charge is -2.23. The van der Waals surface area contributed by atoms with Crippen LogP contribution < -0.4 is 16.2 Å². The SMILES string of the molecule is CC1(C)CCN(c2cc([N+](=O)[O-])cc(NN)n2)CCS1. The van der Waals surface area contributed by atoms with Gasteiger partial charge in [-0.05, 0) is 6.42 Å². The molecular formula is C12H19N5O2S. The van der Waals surface area contributed by atoms with Crippen LogP contribution in [0.15, 0.2) is 12.1 Å². The zero-order valence-electron chi connectivity index (χ0n) is 11.6. The summed E-state index contributed by atoms with van der Waals surface area (Å²) in [4.78, 5) is 16.9. The molecule has 1 aromatic heterocycles. The summed E-state index contributed by atoms with van der Waals surface area (Å²) in [6, 6.07) is 2.84. The summed E-state index contributed by atoms with van der Waals surface area (Å²) in [6.07, 6.45) is 1.01. The van der Waals surface area contributed by atoms with E-state index in [4.69, 9.17) is 5.84 Å². The number of hydrogen-bond donors (Lipinski definition) is 2. The monoisotopic (exact) mass is 297 g/mol. The van der Waals surface area contributed by atoms with Crippen molar-refractivity contribution >= 4 is 29.1 Å². The molecule has 1 aliphatic heterocycles. The number of nitro groups is 1. The van der Waals surface area contributed by atoms with E-state index in [9.17, 15) is 10.1 Å². The zero-order chi connectivity index (χ0) is 14.8. The van der Waals surface area contributed by atoms with Crippen LogP contribution in [0.3, 0.4) is 0 Å². The van der Waals surface area contributed by atoms with Gasteiger partial charge in [-0.25, -0.2) is 10.8 Å². The van der Waals surface area contributed by atoms with Crippen molar-refractivity contribution in [2.45, 2.75) is 25.0 Å². The molecule has 2 rings (SSSR count). The second-order valence-electron chi connectivity index (χ2n) is 5.32. The van der Waals surface area contributed by atoms with Crippen LogP contribution in [-0.2, 0) is 0 Å². The van der Waals surface area contributed by atoms with Crippen molar-refractivity contribution in [3.05, 3.63) is 22.2 Å². The van der Waals surface area contributed by atoms with Crippen molar-refractivity contribution in [2.75, 3.05) is 29.2 Å². The molecule has 110 valence electrons. The highest BCUT2D eigenvalue weighted by Crippen LogP contribution is 2.33. The lowest BCUT2D eigenvalue weighted by Crippen LogP contribution is -2.28. The molecule has 1 fully saturated rings. The fraction of sp³-hybridized carbons (Fsp3) is 0.583. The smallest absolute Gasteiger partial charge is 0.276 e.